The van der Waals surface area contributed by atoms with Crippen LogP contribution in [-0.4, -0.2) is 78.1 Å². The number of phenolic OH excluding ortho intramolecular Hbond substituents is 2. The largest absolute Gasteiger partial charge is 1.00 e. The molecule has 1 fully saturated rings. The second-order valence-electron chi connectivity index (χ2n) is 8.51. The second kappa shape index (κ2) is 13.4. The van der Waals surface area contributed by atoms with Crippen LogP contribution in [0.1, 0.15) is 12.6 Å². The molecule has 42 heavy (non-hydrogen) atoms. The number of phenols is 2. The van der Waals surface area contributed by atoms with Crippen LogP contribution in [0.4, 0.5) is 5.13 Å². The molecule has 1 aromatic carbocycles. The summed E-state index contributed by atoms with van der Waals surface area (Å²) in [5.41, 5.74) is 6.34. The minimum atomic E-state index is -1.52. The third-order valence-corrected chi connectivity index (χ3v) is 8.85. The molecule has 2 amide bonds. The van der Waals surface area contributed by atoms with Crippen LogP contribution < -0.4 is 45.7 Å². The number of thiazole rings is 1. The van der Waals surface area contributed by atoms with Crippen molar-refractivity contribution in [3.05, 3.63) is 46.7 Å². The summed E-state index contributed by atoms with van der Waals surface area (Å²) in [6.07, 6.45) is 1.43. The summed E-state index contributed by atoms with van der Waals surface area (Å²) < 4.78 is 5.69. The molecule has 2 aliphatic heterocycles. The smallest absolute Gasteiger partial charge is 0.543 e. The number of nitrogens with zero attached hydrogens (tertiary/aromatic N) is 4. The van der Waals surface area contributed by atoms with Gasteiger partial charge < -0.3 is 40.4 Å². The van der Waals surface area contributed by atoms with Crippen LogP contribution in [0.2, 0.25) is 0 Å². The van der Waals surface area contributed by atoms with E-state index in [2.05, 4.69) is 20.4 Å². The van der Waals surface area contributed by atoms with E-state index in [4.69, 9.17) is 15.0 Å². The Morgan fingerprint density at radius 1 is 1.36 bits per heavy atom. The molecule has 2 atom stereocenters. The summed E-state index contributed by atoms with van der Waals surface area (Å²) in [6.45, 7) is 1.88. The van der Waals surface area contributed by atoms with Crippen LogP contribution in [0.3, 0.4) is 0 Å². The molecule has 3 aromatic rings. The molecule has 0 bridgehead atoms. The predicted molar refractivity (Wildman–Crippen MR) is 148 cm³/mol. The SMILES string of the molecule is CCO/N=C(/C(=O)N[C@@H]1C(=O)N2C(C(=O)[O-])=C(CSc3ncc(-c4ccc(O)c(O)c4)o3)CS[C@H]12)c1csc(N)n1.[Na+]. The number of benzene rings is 1. The minimum absolute atomic E-state index is 0. The number of β-lactam (4-membered cyclic amide) rings is 1. The van der Waals surface area contributed by atoms with Crippen molar-refractivity contribution in [2.24, 2.45) is 5.16 Å². The molecule has 5 rings (SSSR count). The van der Waals surface area contributed by atoms with E-state index in [1.54, 1.807) is 13.0 Å². The maximum Gasteiger partial charge on any atom is 1.00 e. The molecule has 0 unspecified atom stereocenters. The summed E-state index contributed by atoms with van der Waals surface area (Å²) in [6, 6.07) is 3.17. The molecule has 1 saturated heterocycles. The molecule has 5 N–H and O–H groups in total. The van der Waals surface area contributed by atoms with E-state index in [-0.39, 0.29) is 86.6 Å². The van der Waals surface area contributed by atoms with Crippen molar-refractivity contribution in [1.82, 2.24) is 20.2 Å². The molecule has 14 nitrogen and oxygen atoms in total. The monoisotopic (exact) mass is 640 g/mol. The Bertz CT molecular complexity index is 1590. The van der Waals surface area contributed by atoms with E-state index in [1.807, 2.05) is 0 Å². The van der Waals surface area contributed by atoms with Crippen molar-refractivity contribution in [3.8, 4) is 22.8 Å². The third kappa shape index (κ3) is 6.40. The number of anilines is 1. The van der Waals surface area contributed by atoms with Gasteiger partial charge in [-0.25, -0.2) is 9.97 Å². The molecule has 18 heteroatoms. The molecule has 214 valence electrons. The number of rotatable bonds is 10. The van der Waals surface area contributed by atoms with Gasteiger partial charge in [-0.3, -0.25) is 14.5 Å². The number of amides is 2. The zero-order chi connectivity index (χ0) is 29.3. The van der Waals surface area contributed by atoms with Crippen LogP contribution in [-0.2, 0) is 19.2 Å². The Balaban J connectivity index is 0.00000405. The number of hydrogen-bond acceptors (Lipinski definition) is 15. The Labute approximate surface area is 272 Å². The van der Waals surface area contributed by atoms with E-state index >= 15 is 0 Å². The van der Waals surface area contributed by atoms with Gasteiger partial charge in [0.2, 0.25) is 0 Å². The van der Waals surface area contributed by atoms with Gasteiger partial charge >= 0.3 is 29.6 Å². The quantitative estimate of drug-likeness (QED) is 0.0460. The van der Waals surface area contributed by atoms with Gasteiger partial charge in [-0.2, -0.15) is 0 Å². The van der Waals surface area contributed by atoms with E-state index in [9.17, 15) is 29.7 Å². The van der Waals surface area contributed by atoms with Gasteiger partial charge in [-0.05, 0) is 30.7 Å². The average Bonchev–Trinajstić information content (AvgIpc) is 3.60. The molecule has 0 spiro atoms. The van der Waals surface area contributed by atoms with Crippen molar-refractivity contribution in [3.63, 3.8) is 0 Å². The normalized spacial score (nSPS) is 18.2. The van der Waals surface area contributed by atoms with E-state index < -0.39 is 29.2 Å². The summed E-state index contributed by atoms with van der Waals surface area (Å²) in [4.78, 5) is 52.5. The number of aromatic nitrogens is 2. The zero-order valence-corrected chi connectivity index (χ0v) is 26.5. The summed E-state index contributed by atoms with van der Waals surface area (Å²) in [5, 5.41) is 39.0. The summed E-state index contributed by atoms with van der Waals surface area (Å²) in [7, 11) is 0. The number of nitrogen functional groups attached to an aromatic ring is 1. The van der Waals surface area contributed by atoms with Crippen molar-refractivity contribution in [2.75, 3.05) is 23.8 Å². The molecule has 0 radical (unpaired) electrons. The fourth-order valence-electron chi connectivity index (χ4n) is 4.01. The van der Waals surface area contributed by atoms with Gasteiger partial charge in [0, 0.05) is 22.4 Å². The Morgan fingerprint density at radius 2 is 2.14 bits per heavy atom. The number of carboxylic acids is 1. The Morgan fingerprint density at radius 3 is 2.81 bits per heavy atom. The minimum Gasteiger partial charge on any atom is -0.543 e. The molecule has 2 aliphatic rings. The molecule has 0 aliphatic carbocycles. The van der Waals surface area contributed by atoms with Gasteiger partial charge in [-0.1, -0.05) is 16.9 Å². The van der Waals surface area contributed by atoms with Crippen molar-refractivity contribution >= 4 is 63.5 Å². The summed E-state index contributed by atoms with van der Waals surface area (Å²) >= 11 is 3.51. The van der Waals surface area contributed by atoms with E-state index in [0.29, 0.717) is 16.9 Å². The van der Waals surface area contributed by atoms with Gasteiger partial charge in [0.05, 0.1) is 17.9 Å². The zero-order valence-electron chi connectivity index (χ0n) is 22.1. The molecule has 4 heterocycles. The predicted octanol–water partition coefficient (Wildman–Crippen LogP) is -2.27. The number of carbonyl (C=O) groups excluding carboxylic acids is 3. The number of oxazole rings is 1. The van der Waals surface area contributed by atoms with Crippen LogP contribution in [0, 0.1) is 0 Å². The first-order chi connectivity index (χ1) is 19.7. The van der Waals surface area contributed by atoms with Crippen LogP contribution in [0.25, 0.3) is 11.3 Å². The number of hydrogen-bond donors (Lipinski definition) is 4. The maximum atomic E-state index is 13.0. The van der Waals surface area contributed by atoms with Crippen LogP contribution in [0.5, 0.6) is 11.5 Å². The van der Waals surface area contributed by atoms with Crippen molar-refractivity contribution in [1.29, 1.82) is 0 Å². The number of thioether (sulfide) groups is 2. The average molecular weight is 641 g/mol. The number of carbonyl (C=O) groups is 3. The molecule has 0 saturated carbocycles. The first kappa shape index (κ1) is 31.7. The van der Waals surface area contributed by atoms with Gasteiger partial charge in [0.1, 0.15) is 23.7 Å². The Hall–Kier alpha value is -3.22. The van der Waals surface area contributed by atoms with E-state index in [1.165, 1.54) is 35.5 Å². The Kier molecular flexibility index (Phi) is 10.1. The maximum absolute atomic E-state index is 13.0. The molecular formula is C24H21N6NaO8S3. The summed E-state index contributed by atoms with van der Waals surface area (Å²) in [5.74, 6) is -2.72. The number of fused-ring (bicyclic) bond motifs is 1. The number of aromatic hydroxyl groups is 2. The number of carboxylic acid groups (broad SMARTS) is 1. The number of nitrogens with two attached hydrogens (primary N) is 1. The number of nitrogens with one attached hydrogen (secondary N) is 1. The van der Waals surface area contributed by atoms with Crippen LogP contribution in [0.15, 0.2) is 55.8 Å². The van der Waals surface area contributed by atoms with Crippen LogP contribution >= 0.6 is 34.9 Å². The second-order valence-corrected chi connectivity index (χ2v) is 11.4. The molecular weight excluding hydrogens is 619 g/mol. The van der Waals surface area contributed by atoms with Gasteiger partial charge in [0.15, 0.2) is 28.1 Å². The van der Waals surface area contributed by atoms with Crippen molar-refractivity contribution < 1.29 is 68.5 Å². The molecule has 2 aromatic heterocycles. The first-order valence-corrected chi connectivity index (χ1v) is 14.8. The topological polar surface area (TPSA) is 217 Å². The van der Waals surface area contributed by atoms with Gasteiger partial charge in [-0.15, -0.1) is 23.1 Å². The standard InChI is InChI=1S/C24H22N6O8S3.Na/c1-2-37-29-16(12-9-40-23(25)27-12)19(33)28-17-20(34)30-18(22(35)36)11(7-39-21(17)30)8-41-24-26-6-15(38-24)10-3-4-13(31)14(32)5-10;/h3-6,9,17,21,31-32H,2,7-8H2,1H3,(H2,25,27)(H,28,33)(H,35,36);/q;+1/p-1/b29-16+;/t17-,21-;/m1./s1. The number of oxime groups is 1. The van der Waals surface area contributed by atoms with Gasteiger partial charge in [0.25, 0.3) is 17.0 Å². The van der Waals surface area contributed by atoms with Crippen molar-refractivity contribution in [2.45, 2.75) is 23.6 Å². The first-order valence-electron chi connectivity index (χ1n) is 11.9. The fraction of sp³-hybridized carbons (Fsp3) is 0.250. The van der Waals surface area contributed by atoms with E-state index in [0.717, 1.165) is 28.0 Å². The third-order valence-electron chi connectivity index (χ3n) is 5.91. The number of aliphatic carboxylic acids is 1. The fourth-order valence-corrected chi connectivity index (χ4v) is 6.84.